The van der Waals surface area contributed by atoms with Crippen LogP contribution >= 0.6 is 0 Å². The van der Waals surface area contributed by atoms with Gasteiger partial charge < -0.3 is 10.6 Å². The van der Waals surface area contributed by atoms with E-state index in [1.165, 1.54) is 0 Å². The Morgan fingerprint density at radius 2 is 2.00 bits per heavy atom. The molecular weight excluding hydrogens is 216 g/mol. The Balaban J connectivity index is 2.97. The molecule has 0 saturated carbocycles. The largest absolute Gasteiger partial charge is 0.395 e. The van der Waals surface area contributed by atoms with Crippen LogP contribution in [0.25, 0.3) is 0 Å². The van der Waals surface area contributed by atoms with Gasteiger partial charge >= 0.3 is 0 Å². The third-order valence-corrected chi connectivity index (χ3v) is 2.53. The Morgan fingerprint density at radius 1 is 1.47 bits per heavy atom. The second kappa shape index (κ2) is 4.39. The van der Waals surface area contributed by atoms with Gasteiger partial charge in [-0.25, -0.2) is 0 Å². The molecule has 0 bridgehead atoms. The summed E-state index contributed by atoms with van der Waals surface area (Å²) in [6.45, 7) is 8.75. The van der Waals surface area contributed by atoms with Crippen LogP contribution < -0.4 is 5.73 Å². The Hall–Kier alpha value is -1.52. The fourth-order valence-corrected chi connectivity index (χ4v) is 1.89. The van der Waals surface area contributed by atoms with E-state index in [1.54, 1.807) is 30.6 Å². The summed E-state index contributed by atoms with van der Waals surface area (Å²) >= 11 is 0. The van der Waals surface area contributed by atoms with Gasteiger partial charge in [-0.3, -0.25) is 9.48 Å². The third-order valence-electron chi connectivity index (χ3n) is 2.53. The molecule has 0 fully saturated rings. The molecule has 5 heteroatoms. The van der Waals surface area contributed by atoms with Crippen LogP contribution in [0.15, 0.2) is 0 Å². The topological polar surface area (TPSA) is 64.2 Å². The zero-order chi connectivity index (χ0) is 13.4. The number of rotatable bonds is 2. The molecule has 17 heavy (non-hydrogen) atoms. The first-order valence-electron chi connectivity index (χ1n) is 5.68. The van der Waals surface area contributed by atoms with Crippen LogP contribution in [0.2, 0.25) is 0 Å². The van der Waals surface area contributed by atoms with Crippen molar-refractivity contribution >= 4 is 11.6 Å². The van der Waals surface area contributed by atoms with Crippen LogP contribution in [-0.4, -0.2) is 34.2 Å². The zero-order valence-electron chi connectivity index (χ0n) is 11.5. The summed E-state index contributed by atoms with van der Waals surface area (Å²) < 4.78 is 1.55. The van der Waals surface area contributed by atoms with Crippen molar-refractivity contribution in [3.63, 3.8) is 0 Å². The number of nitrogen functional groups attached to an aromatic ring is 1. The lowest BCUT2D eigenvalue weighted by atomic mass is 9.96. The molecule has 1 aromatic rings. The normalized spacial score (nSPS) is 11.6. The summed E-state index contributed by atoms with van der Waals surface area (Å²) in [7, 11) is 3.52. The number of aryl methyl sites for hydroxylation is 2. The fraction of sp³-hybridized carbons (Fsp3) is 0.667. The quantitative estimate of drug-likeness (QED) is 0.847. The minimum absolute atomic E-state index is 0.0623. The van der Waals surface area contributed by atoms with E-state index < -0.39 is 0 Å². The molecule has 1 heterocycles. The molecule has 0 unspecified atom stereocenters. The highest BCUT2D eigenvalue weighted by atomic mass is 16.2. The van der Waals surface area contributed by atoms with Crippen molar-refractivity contribution in [3.05, 3.63) is 11.4 Å². The Morgan fingerprint density at radius 3 is 2.35 bits per heavy atom. The molecule has 0 atom stereocenters. The number of amides is 1. The lowest BCUT2D eigenvalue weighted by Crippen LogP contribution is -2.35. The van der Waals surface area contributed by atoms with Crippen molar-refractivity contribution in [3.8, 4) is 0 Å². The molecule has 96 valence electrons. The number of carbonyl (C=O) groups is 1. The van der Waals surface area contributed by atoms with Crippen LogP contribution in [0.5, 0.6) is 0 Å². The summed E-state index contributed by atoms with van der Waals surface area (Å²) in [5, 5.41) is 4.15. The number of anilines is 1. The second-order valence-corrected chi connectivity index (χ2v) is 5.69. The van der Waals surface area contributed by atoms with Crippen molar-refractivity contribution in [1.29, 1.82) is 0 Å². The van der Waals surface area contributed by atoms with Crippen LogP contribution in [0.4, 0.5) is 5.69 Å². The van der Waals surface area contributed by atoms with Crippen molar-refractivity contribution in [2.45, 2.75) is 27.7 Å². The van der Waals surface area contributed by atoms with Gasteiger partial charge in [0.1, 0.15) is 5.69 Å². The summed E-state index contributed by atoms with van der Waals surface area (Å²) in [5.74, 6) is -0.0828. The van der Waals surface area contributed by atoms with Crippen molar-refractivity contribution in [2.24, 2.45) is 12.5 Å². The molecule has 0 aliphatic rings. The van der Waals surface area contributed by atoms with Gasteiger partial charge in [0.2, 0.25) is 0 Å². The lowest BCUT2D eigenvalue weighted by Gasteiger charge is -2.26. The second-order valence-electron chi connectivity index (χ2n) is 5.69. The van der Waals surface area contributed by atoms with Gasteiger partial charge in [-0.05, 0) is 12.3 Å². The Labute approximate surface area is 103 Å². The molecule has 0 radical (unpaired) electrons. The first-order valence-corrected chi connectivity index (χ1v) is 5.68. The Kier molecular flexibility index (Phi) is 3.50. The molecule has 0 aromatic carbocycles. The molecule has 0 spiro atoms. The maximum atomic E-state index is 12.3. The first-order chi connectivity index (χ1) is 7.63. The monoisotopic (exact) mass is 238 g/mol. The van der Waals surface area contributed by atoms with Crippen molar-refractivity contribution in [1.82, 2.24) is 14.7 Å². The molecule has 1 rings (SSSR count). The minimum atomic E-state index is -0.0828. The molecule has 2 N–H and O–H groups in total. The van der Waals surface area contributed by atoms with E-state index in [4.69, 9.17) is 5.73 Å². The molecule has 1 aromatic heterocycles. The van der Waals surface area contributed by atoms with E-state index >= 15 is 0 Å². The summed E-state index contributed by atoms with van der Waals surface area (Å²) in [4.78, 5) is 13.9. The summed E-state index contributed by atoms with van der Waals surface area (Å²) in [6, 6.07) is 0. The van der Waals surface area contributed by atoms with E-state index in [0.717, 1.165) is 0 Å². The van der Waals surface area contributed by atoms with E-state index in [2.05, 4.69) is 25.9 Å². The van der Waals surface area contributed by atoms with Crippen LogP contribution in [0, 0.1) is 12.3 Å². The number of aromatic nitrogens is 2. The fourth-order valence-electron chi connectivity index (χ4n) is 1.89. The van der Waals surface area contributed by atoms with Crippen molar-refractivity contribution < 1.29 is 4.79 Å². The van der Waals surface area contributed by atoms with E-state index in [0.29, 0.717) is 23.6 Å². The van der Waals surface area contributed by atoms with Gasteiger partial charge in [0.25, 0.3) is 5.91 Å². The SMILES string of the molecule is Cc1nn(C)c(C(=O)N(C)CC(C)(C)C)c1N. The van der Waals surface area contributed by atoms with Crippen molar-refractivity contribution in [2.75, 3.05) is 19.3 Å². The third kappa shape index (κ3) is 2.99. The van der Waals surface area contributed by atoms with Crippen LogP contribution in [-0.2, 0) is 7.05 Å². The standard InChI is InChI=1S/C12H22N4O/c1-8-9(13)10(16(6)14-8)11(17)15(5)7-12(2,3)4/h7,13H2,1-6H3. The predicted molar refractivity (Wildman–Crippen MR) is 68.8 cm³/mol. The van der Waals surface area contributed by atoms with E-state index in [9.17, 15) is 4.79 Å². The average molecular weight is 238 g/mol. The lowest BCUT2D eigenvalue weighted by molar-refractivity contribution is 0.0736. The molecule has 0 saturated heterocycles. The van der Waals surface area contributed by atoms with Crippen LogP contribution in [0.1, 0.15) is 37.0 Å². The maximum absolute atomic E-state index is 12.3. The smallest absolute Gasteiger partial charge is 0.274 e. The highest BCUT2D eigenvalue weighted by Crippen LogP contribution is 2.20. The van der Waals surface area contributed by atoms with Gasteiger partial charge in [0, 0.05) is 20.6 Å². The van der Waals surface area contributed by atoms with Gasteiger partial charge in [0.15, 0.2) is 0 Å². The van der Waals surface area contributed by atoms with Gasteiger partial charge in [0.05, 0.1) is 11.4 Å². The number of nitrogens with two attached hydrogens (primary N) is 1. The number of carbonyl (C=O) groups excluding carboxylic acids is 1. The van der Waals surface area contributed by atoms with Gasteiger partial charge in [-0.2, -0.15) is 5.10 Å². The average Bonchev–Trinajstić information content (AvgIpc) is 2.37. The molecular formula is C12H22N4O. The van der Waals surface area contributed by atoms with Gasteiger partial charge in [-0.15, -0.1) is 0 Å². The van der Waals surface area contributed by atoms with Crippen LogP contribution in [0.3, 0.4) is 0 Å². The predicted octanol–water partition coefficient (Wildman–Crippen LogP) is 1.43. The highest BCUT2D eigenvalue weighted by molar-refractivity contribution is 5.97. The summed E-state index contributed by atoms with van der Waals surface area (Å²) in [6.07, 6.45) is 0. The Bertz CT molecular complexity index is 428. The molecule has 0 aliphatic heterocycles. The van der Waals surface area contributed by atoms with E-state index in [1.807, 2.05) is 0 Å². The first kappa shape index (κ1) is 13.5. The number of nitrogens with zero attached hydrogens (tertiary/aromatic N) is 3. The van der Waals surface area contributed by atoms with E-state index in [-0.39, 0.29) is 11.3 Å². The zero-order valence-corrected chi connectivity index (χ0v) is 11.5. The molecule has 1 amide bonds. The molecule has 5 nitrogen and oxygen atoms in total. The number of hydrogen-bond acceptors (Lipinski definition) is 3. The van der Waals surface area contributed by atoms with Gasteiger partial charge in [-0.1, -0.05) is 20.8 Å². The number of hydrogen-bond donors (Lipinski definition) is 1. The summed E-state index contributed by atoms with van der Waals surface area (Å²) in [5.41, 5.74) is 7.57. The highest BCUT2D eigenvalue weighted by Gasteiger charge is 2.24. The minimum Gasteiger partial charge on any atom is -0.395 e. The maximum Gasteiger partial charge on any atom is 0.274 e. The molecule has 0 aliphatic carbocycles.